The molecule has 0 heterocycles. The summed E-state index contributed by atoms with van der Waals surface area (Å²) < 4.78 is 15.2. The van der Waals surface area contributed by atoms with Gasteiger partial charge in [0.05, 0.1) is 5.92 Å². The van der Waals surface area contributed by atoms with Gasteiger partial charge in [-0.3, -0.25) is 9.18 Å². The summed E-state index contributed by atoms with van der Waals surface area (Å²) in [5.41, 5.74) is 0. The van der Waals surface area contributed by atoms with Gasteiger partial charge in [-0.15, -0.1) is 0 Å². The predicted octanol–water partition coefficient (Wildman–Crippen LogP) is 1.29. The molecule has 0 saturated heterocycles. The van der Waals surface area contributed by atoms with Crippen LogP contribution in [0.15, 0.2) is 0 Å². The SMILES string of the molecule is CC(CF)C(=O)OCl. The summed E-state index contributed by atoms with van der Waals surface area (Å²) in [7, 11) is 0. The Morgan fingerprint density at radius 2 is 2.50 bits per heavy atom. The third-order valence-corrected chi connectivity index (χ3v) is 0.862. The van der Waals surface area contributed by atoms with E-state index in [0.29, 0.717) is 0 Å². The molecular formula is C4H6ClFO2. The number of halogens is 2. The van der Waals surface area contributed by atoms with E-state index < -0.39 is 18.6 Å². The predicted molar refractivity (Wildman–Crippen MR) is 27.1 cm³/mol. The van der Waals surface area contributed by atoms with Gasteiger partial charge in [0.25, 0.3) is 0 Å². The highest BCUT2D eigenvalue weighted by Crippen LogP contribution is 1.99. The van der Waals surface area contributed by atoms with Gasteiger partial charge >= 0.3 is 5.97 Å². The average molecular weight is 141 g/mol. The lowest BCUT2D eigenvalue weighted by Crippen LogP contribution is -2.11. The minimum absolute atomic E-state index is 0.728. The summed E-state index contributed by atoms with van der Waals surface area (Å²) in [6.45, 7) is 0.663. The number of hydrogen-bond acceptors (Lipinski definition) is 2. The molecule has 0 aromatic heterocycles. The van der Waals surface area contributed by atoms with Crippen molar-refractivity contribution in [2.75, 3.05) is 6.67 Å². The Labute approximate surface area is 51.8 Å². The van der Waals surface area contributed by atoms with Crippen LogP contribution in [0.2, 0.25) is 0 Å². The molecule has 48 valence electrons. The van der Waals surface area contributed by atoms with E-state index in [-0.39, 0.29) is 0 Å². The zero-order valence-corrected chi connectivity index (χ0v) is 5.11. The fourth-order valence-corrected chi connectivity index (χ4v) is 0.291. The monoisotopic (exact) mass is 140 g/mol. The molecule has 0 fully saturated rings. The normalized spacial score (nSPS) is 12.9. The van der Waals surface area contributed by atoms with Gasteiger partial charge in [0.2, 0.25) is 0 Å². The van der Waals surface area contributed by atoms with Crippen molar-refractivity contribution in [3.63, 3.8) is 0 Å². The van der Waals surface area contributed by atoms with Crippen LogP contribution in [-0.2, 0) is 9.08 Å². The van der Waals surface area contributed by atoms with Crippen LogP contribution in [0.1, 0.15) is 6.92 Å². The van der Waals surface area contributed by atoms with Gasteiger partial charge in [0.15, 0.2) is 0 Å². The minimum Gasteiger partial charge on any atom is -0.347 e. The van der Waals surface area contributed by atoms with Crippen LogP contribution in [0.3, 0.4) is 0 Å². The van der Waals surface area contributed by atoms with Crippen LogP contribution >= 0.6 is 11.9 Å². The van der Waals surface area contributed by atoms with E-state index in [2.05, 4.69) is 16.2 Å². The summed E-state index contributed by atoms with van der Waals surface area (Å²) in [5, 5.41) is 0. The second-order valence-electron chi connectivity index (χ2n) is 1.45. The van der Waals surface area contributed by atoms with E-state index in [0.717, 1.165) is 0 Å². The molecule has 2 nitrogen and oxygen atoms in total. The zero-order valence-electron chi connectivity index (χ0n) is 4.36. The van der Waals surface area contributed by atoms with Crippen molar-refractivity contribution >= 4 is 17.8 Å². The lowest BCUT2D eigenvalue weighted by molar-refractivity contribution is -0.138. The van der Waals surface area contributed by atoms with Crippen molar-refractivity contribution in [2.24, 2.45) is 5.92 Å². The summed E-state index contributed by atoms with van der Waals surface area (Å²) in [5.74, 6) is -1.47. The number of carbonyl (C=O) groups is 1. The smallest absolute Gasteiger partial charge is 0.330 e. The van der Waals surface area contributed by atoms with Crippen molar-refractivity contribution in [3.8, 4) is 0 Å². The molecule has 1 unspecified atom stereocenters. The lowest BCUT2D eigenvalue weighted by atomic mass is 10.2. The molecule has 0 aliphatic heterocycles. The fraction of sp³-hybridized carbons (Fsp3) is 0.750. The molecule has 1 atom stereocenters. The first-order chi connectivity index (χ1) is 3.72. The summed E-state index contributed by atoms with van der Waals surface area (Å²) in [4.78, 5) is 10.1. The van der Waals surface area contributed by atoms with Crippen molar-refractivity contribution in [2.45, 2.75) is 6.92 Å². The molecule has 0 saturated carbocycles. The number of hydrogen-bond donors (Lipinski definition) is 0. The quantitative estimate of drug-likeness (QED) is 0.578. The zero-order chi connectivity index (χ0) is 6.57. The van der Waals surface area contributed by atoms with Crippen LogP contribution in [0.25, 0.3) is 0 Å². The molecule has 0 aliphatic rings. The van der Waals surface area contributed by atoms with E-state index in [1.54, 1.807) is 0 Å². The van der Waals surface area contributed by atoms with Gasteiger partial charge in [0, 0.05) is 0 Å². The molecule has 0 bridgehead atoms. The summed E-state index contributed by atoms with van der Waals surface area (Å²) in [6.07, 6.45) is 0. The average Bonchev–Trinajstić information content (AvgIpc) is 1.84. The Morgan fingerprint density at radius 1 is 2.00 bits per heavy atom. The summed E-state index contributed by atoms with van der Waals surface area (Å²) in [6, 6.07) is 0. The third kappa shape index (κ3) is 2.12. The molecule has 0 aromatic carbocycles. The second-order valence-corrected chi connectivity index (χ2v) is 1.61. The molecule has 0 aromatic rings. The first-order valence-electron chi connectivity index (χ1n) is 2.10. The topological polar surface area (TPSA) is 26.3 Å². The van der Waals surface area contributed by atoms with Gasteiger partial charge in [-0.05, 0) is 6.92 Å². The number of rotatable bonds is 2. The first-order valence-corrected chi connectivity index (χ1v) is 2.41. The van der Waals surface area contributed by atoms with E-state index in [4.69, 9.17) is 0 Å². The standard InChI is InChI=1S/C4H6ClFO2/c1-3(2-6)4(7)8-5/h3H,2H2,1H3. The van der Waals surface area contributed by atoms with Crippen LogP contribution < -0.4 is 0 Å². The minimum atomic E-state index is -0.743. The van der Waals surface area contributed by atoms with E-state index in [9.17, 15) is 9.18 Å². The Bertz CT molecular complexity index is 86.1. The highest BCUT2D eigenvalue weighted by atomic mass is 35.5. The molecule has 0 radical (unpaired) electrons. The summed E-state index contributed by atoms with van der Waals surface area (Å²) >= 11 is 4.61. The van der Waals surface area contributed by atoms with Crippen LogP contribution in [0, 0.1) is 5.92 Å². The molecule has 4 heteroatoms. The maximum atomic E-state index is 11.5. The van der Waals surface area contributed by atoms with E-state index in [1.807, 2.05) is 0 Å². The van der Waals surface area contributed by atoms with Crippen molar-refractivity contribution < 1.29 is 13.5 Å². The molecular weight excluding hydrogens is 134 g/mol. The largest absolute Gasteiger partial charge is 0.347 e. The lowest BCUT2D eigenvalue weighted by Gasteiger charge is -1.97. The number of alkyl halides is 1. The fourth-order valence-electron chi connectivity index (χ4n) is 0.139. The maximum absolute atomic E-state index is 11.5. The molecule has 0 spiro atoms. The maximum Gasteiger partial charge on any atom is 0.330 e. The Hall–Kier alpha value is -0.310. The van der Waals surface area contributed by atoms with Crippen LogP contribution in [0.5, 0.6) is 0 Å². The molecule has 0 N–H and O–H groups in total. The number of carbonyl (C=O) groups excluding carboxylic acids is 1. The van der Waals surface area contributed by atoms with Crippen LogP contribution in [-0.4, -0.2) is 12.6 Å². The van der Waals surface area contributed by atoms with Gasteiger partial charge < -0.3 is 4.29 Å². The van der Waals surface area contributed by atoms with Gasteiger partial charge in [-0.2, -0.15) is 0 Å². The highest BCUT2D eigenvalue weighted by Gasteiger charge is 2.12. The van der Waals surface area contributed by atoms with E-state index in [1.165, 1.54) is 6.92 Å². The van der Waals surface area contributed by atoms with Gasteiger partial charge in [0.1, 0.15) is 18.5 Å². The van der Waals surface area contributed by atoms with Gasteiger partial charge in [-0.25, -0.2) is 0 Å². The molecule has 8 heavy (non-hydrogen) atoms. The van der Waals surface area contributed by atoms with Crippen molar-refractivity contribution in [3.05, 3.63) is 0 Å². The molecule has 0 aliphatic carbocycles. The van der Waals surface area contributed by atoms with Crippen LogP contribution in [0.4, 0.5) is 4.39 Å². The van der Waals surface area contributed by atoms with Gasteiger partial charge in [-0.1, -0.05) is 0 Å². The highest BCUT2D eigenvalue weighted by molar-refractivity contribution is 6.13. The van der Waals surface area contributed by atoms with E-state index >= 15 is 0 Å². The Balaban J connectivity index is 3.46. The first kappa shape index (κ1) is 7.69. The molecule has 0 amide bonds. The Morgan fingerprint density at radius 3 is 2.62 bits per heavy atom. The third-order valence-electron chi connectivity index (χ3n) is 0.710. The van der Waals surface area contributed by atoms with Crippen molar-refractivity contribution in [1.29, 1.82) is 0 Å². The second kappa shape index (κ2) is 3.66. The van der Waals surface area contributed by atoms with Crippen molar-refractivity contribution in [1.82, 2.24) is 0 Å². The molecule has 0 rings (SSSR count). The Kier molecular flexibility index (Phi) is 3.52.